The summed E-state index contributed by atoms with van der Waals surface area (Å²) in [7, 11) is 0. The zero-order valence-electron chi connectivity index (χ0n) is 9.76. The number of hydrogen-bond donors (Lipinski definition) is 2. The summed E-state index contributed by atoms with van der Waals surface area (Å²) in [5.74, 6) is 0.882. The van der Waals surface area contributed by atoms with Gasteiger partial charge in [-0.25, -0.2) is 0 Å². The van der Waals surface area contributed by atoms with Crippen molar-refractivity contribution in [3.05, 3.63) is 28.3 Å². The molecule has 3 N–H and O–H groups in total. The second kappa shape index (κ2) is 5.33. The molecule has 94 valence electrons. The number of nitrogens with zero attached hydrogens (tertiary/aromatic N) is 1. The van der Waals surface area contributed by atoms with Crippen LogP contribution in [0.2, 0.25) is 0 Å². The summed E-state index contributed by atoms with van der Waals surface area (Å²) in [4.78, 5) is 13.5. The molecule has 0 aromatic carbocycles. The van der Waals surface area contributed by atoms with Crippen molar-refractivity contribution in [2.75, 3.05) is 19.6 Å². The molecule has 2 heterocycles. The normalized spacial score (nSPS) is 18.4. The lowest BCUT2D eigenvalue weighted by Crippen LogP contribution is -2.35. The number of rotatable bonds is 3. The maximum Gasteiger partial charge on any atom is 0.226 e. The van der Waals surface area contributed by atoms with Crippen LogP contribution in [0.25, 0.3) is 0 Å². The van der Waals surface area contributed by atoms with Gasteiger partial charge in [0.1, 0.15) is 12.0 Å². The van der Waals surface area contributed by atoms with E-state index in [1.54, 1.807) is 0 Å². The lowest BCUT2D eigenvalue weighted by Gasteiger charge is -2.30. The first-order valence-electron chi connectivity index (χ1n) is 5.92. The average Bonchev–Trinajstić information content (AvgIpc) is 2.35. The Kier molecular flexibility index (Phi) is 3.81. The molecule has 0 atom stereocenters. The Morgan fingerprint density at radius 2 is 2.18 bits per heavy atom. The molecule has 0 radical (unpaired) electrons. The number of piperidine rings is 1. The minimum atomic E-state index is -0.386. The van der Waals surface area contributed by atoms with E-state index in [-0.39, 0.29) is 11.2 Å². The molecule has 1 aromatic heterocycles. The van der Waals surface area contributed by atoms with Crippen molar-refractivity contribution in [3.8, 4) is 5.75 Å². The third-order valence-corrected chi connectivity index (χ3v) is 3.29. The van der Waals surface area contributed by atoms with Crippen molar-refractivity contribution >= 4 is 0 Å². The molecule has 1 saturated heterocycles. The van der Waals surface area contributed by atoms with E-state index in [4.69, 9.17) is 15.3 Å². The third-order valence-electron chi connectivity index (χ3n) is 3.29. The lowest BCUT2D eigenvalue weighted by molar-refractivity contribution is 0.168. The van der Waals surface area contributed by atoms with Gasteiger partial charge < -0.3 is 15.3 Å². The zero-order valence-corrected chi connectivity index (χ0v) is 9.76. The lowest BCUT2D eigenvalue weighted by atomic mass is 9.97. The van der Waals surface area contributed by atoms with Crippen molar-refractivity contribution in [3.63, 3.8) is 0 Å². The minimum Gasteiger partial charge on any atom is -0.502 e. The molecular weight excluding hydrogens is 220 g/mol. The highest BCUT2D eigenvalue weighted by atomic mass is 16.4. The predicted molar refractivity (Wildman–Crippen MR) is 63.7 cm³/mol. The summed E-state index contributed by atoms with van der Waals surface area (Å²) < 4.78 is 5.18. The van der Waals surface area contributed by atoms with E-state index >= 15 is 0 Å². The number of aromatic hydroxyl groups is 1. The van der Waals surface area contributed by atoms with Crippen LogP contribution in [0.15, 0.2) is 21.5 Å². The Morgan fingerprint density at radius 1 is 1.47 bits per heavy atom. The van der Waals surface area contributed by atoms with Gasteiger partial charge in [-0.05, 0) is 38.4 Å². The van der Waals surface area contributed by atoms with Crippen LogP contribution in [0.5, 0.6) is 5.75 Å². The van der Waals surface area contributed by atoms with Gasteiger partial charge in [-0.3, -0.25) is 9.69 Å². The summed E-state index contributed by atoms with van der Waals surface area (Å²) in [6, 6.07) is 1.35. The Hall–Kier alpha value is -1.33. The Labute approximate surface area is 99.8 Å². The number of nitrogens with two attached hydrogens (primary N) is 1. The third kappa shape index (κ3) is 3.08. The van der Waals surface area contributed by atoms with Crippen LogP contribution >= 0.6 is 0 Å². The molecule has 0 aliphatic carbocycles. The van der Waals surface area contributed by atoms with Crippen molar-refractivity contribution in [2.45, 2.75) is 19.4 Å². The second-order valence-corrected chi connectivity index (χ2v) is 4.55. The molecule has 5 nitrogen and oxygen atoms in total. The van der Waals surface area contributed by atoms with Crippen LogP contribution in [0, 0.1) is 5.92 Å². The summed E-state index contributed by atoms with van der Waals surface area (Å²) in [5.41, 5.74) is 5.25. The Balaban J connectivity index is 1.93. The second-order valence-electron chi connectivity index (χ2n) is 4.55. The highest BCUT2D eigenvalue weighted by Crippen LogP contribution is 2.17. The van der Waals surface area contributed by atoms with Gasteiger partial charge in [-0.1, -0.05) is 0 Å². The van der Waals surface area contributed by atoms with Gasteiger partial charge >= 0.3 is 0 Å². The van der Waals surface area contributed by atoms with Crippen LogP contribution in [-0.2, 0) is 6.54 Å². The molecule has 0 bridgehead atoms. The molecule has 1 fully saturated rings. The van der Waals surface area contributed by atoms with Crippen LogP contribution in [0.1, 0.15) is 18.6 Å². The molecule has 0 spiro atoms. The summed E-state index contributed by atoms with van der Waals surface area (Å²) in [5, 5.41) is 9.08. The van der Waals surface area contributed by atoms with Gasteiger partial charge in [-0.15, -0.1) is 0 Å². The fraction of sp³-hybridized carbons (Fsp3) is 0.583. The van der Waals surface area contributed by atoms with Crippen LogP contribution in [-0.4, -0.2) is 29.6 Å². The number of hydrogen-bond acceptors (Lipinski definition) is 5. The van der Waals surface area contributed by atoms with E-state index in [0.29, 0.717) is 18.2 Å². The molecule has 2 rings (SSSR count). The Morgan fingerprint density at radius 3 is 2.76 bits per heavy atom. The minimum absolute atomic E-state index is 0.337. The quantitative estimate of drug-likeness (QED) is 0.802. The van der Waals surface area contributed by atoms with E-state index in [2.05, 4.69) is 4.90 Å². The smallest absolute Gasteiger partial charge is 0.226 e. The summed E-state index contributed by atoms with van der Waals surface area (Å²) in [6.07, 6.45) is 3.29. The van der Waals surface area contributed by atoms with E-state index in [1.807, 2.05) is 0 Å². The molecule has 0 saturated carbocycles. The first-order chi connectivity index (χ1) is 8.19. The maximum absolute atomic E-state index is 11.2. The van der Waals surface area contributed by atoms with Crippen LogP contribution < -0.4 is 11.2 Å². The topological polar surface area (TPSA) is 79.7 Å². The van der Waals surface area contributed by atoms with Crippen molar-refractivity contribution < 1.29 is 9.52 Å². The van der Waals surface area contributed by atoms with E-state index in [9.17, 15) is 4.79 Å². The SMILES string of the molecule is NCC1CCN(Cc2cc(=O)c(O)co2)CC1. The standard InChI is InChI=1S/C12H18N2O3/c13-6-9-1-3-14(4-2-9)7-10-5-11(15)12(16)8-17-10/h5,8-9,16H,1-4,6-7,13H2. The van der Waals surface area contributed by atoms with Crippen molar-refractivity contribution in [1.82, 2.24) is 4.90 Å². The maximum atomic E-state index is 11.2. The van der Waals surface area contributed by atoms with Gasteiger partial charge in [-0.2, -0.15) is 0 Å². The molecule has 17 heavy (non-hydrogen) atoms. The van der Waals surface area contributed by atoms with Crippen molar-refractivity contribution in [2.24, 2.45) is 11.7 Å². The highest BCUT2D eigenvalue weighted by molar-refractivity contribution is 5.15. The largest absolute Gasteiger partial charge is 0.502 e. The van der Waals surface area contributed by atoms with Gasteiger partial charge in [0.15, 0.2) is 5.75 Å². The fourth-order valence-corrected chi connectivity index (χ4v) is 2.13. The van der Waals surface area contributed by atoms with Gasteiger partial charge in [0.2, 0.25) is 5.43 Å². The first kappa shape index (κ1) is 12.1. The van der Waals surface area contributed by atoms with Gasteiger partial charge in [0.05, 0.1) is 6.54 Å². The monoisotopic (exact) mass is 238 g/mol. The van der Waals surface area contributed by atoms with E-state index in [0.717, 1.165) is 38.7 Å². The van der Waals surface area contributed by atoms with Gasteiger partial charge in [0.25, 0.3) is 0 Å². The summed E-state index contributed by atoms with van der Waals surface area (Å²) in [6.45, 7) is 3.33. The molecule has 0 amide bonds. The predicted octanol–water partition coefficient (Wildman–Crippen LogP) is 0.516. The Bertz CT molecular complexity index is 422. The van der Waals surface area contributed by atoms with Crippen molar-refractivity contribution in [1.29, 1.82) is 0 Å². The fourth-order valence-electron chi connectivity index (χ4n) is 2.13. The van der Waals surface area contributed by atoms with E-state index < -0.39 is 0 Å². The van der Waals surface area contributed by atoms with Crippen LogP contribution in [0.3, 0.4) is 0 Å². The molecule has 1 aliphatic heterocycles. The average molecular weight is 238 g/mol. The molecular formula is C12H18N2O3. The highest BCUT2D eigenvalue weighted by Gasteiger charge is 2.18. The first-order valence-corrected chi connectivity index (χ1v) is 5.92. The molecule has 1 aliphatic rings. The van der Waals surface area contributed by atoms with Crippen LogP contribution in [0.4, 0.5) is 0 Å². The zero-order chi connectivity index (χ0) is 12.3. The number of likely N-dealkylation sites (tertiary alicyclic amines) is 1. The van der Waals surface area contributed by atoms with Gasteiger partial charge in [0, 0.05) is 6.07 Å². The molecule has 0 unspecified atom stereocenters. The van der Waals surface area contributed by atoms with E-state index in [1.165, 1.54) is 6.07 Å². The summed E-state index contributed by atoms with van der Waals surface area (Å²) >= 11 is 0. The molecule has 5 heteroatoms. The molecule has 1 aromatic rings.